The lowest BCUT2D eigenvalue weighted by Gasteiger charge is -2.22. The number of hydrogen-bond acceptors (Lipinski definition) is 5. The van der Waals surface area contributed by atoms with Crippen molar-refractivity contribution in [3.8, 4) is 5.75 Å². The topological polar surface area (TPSA) is 83.3 Å². The van der Waals surface area contributed by atoms with Crippen LogP contribution in [-0.2, 0) is 10.0 Å². The van der Waals surface area contributed by atoms with Gasteiger partial charge in [0, 0.05) is 24.0 Å². The van der Waals surface area contributed by atoms with Crippen LogP contribution in [0.4, 0.5) is 5.69 Å². The Balaban J connectivity index is 2.11. The summed E-state index contributed by atoms with van der Waals surface area (Å²) in [5.74, 6) is 0.545. The van der Waals surface area contributed by atoms with E-state index in [1.54, 1.807) is 42.7 Å². The van der Waals surface area contributed by atoms with Gasteiger partial charge in [-0.1, -0.05) is 6.07 Å². The van der Waals surface area contributed by atoms with Gasteiger partial charge in [-0.2, -0.15) is 0 Å². The van der Waals surface area contributed by atoms with E-state index in [-0.39, 0.29) is 10.6 Å². The zero-order chi connectivity index (χ0) is 16.3. The number of benzene rings is 1. The van der Waals surface area contributed by atoms with Crippen molar-refractivity contribution in [3.63, 3.8) is 0 Å². The van der Waals surface area contributed by atoms with Gasteiger partial charge in [-0.15, -0.1) is 5.69 Å². The molecule has 7 heteroatoms. The molecule has 2 aromatic heterocycles. The number of ether oxygens (including phenoxy) is 1. The van der Waals surface area contributed by atoms with Crippen molar-refractivity contribution in [2.75, 3.05) is 6.61 Å². The van der Waals surface area contributed by atoms with Crippen molar-refractivity contribution in [1.29, 1.82) is 0 Å². The molecule has 2 heterocycles. The summed E-state index contributed by atoms with van der Waals surface area (Å²) >= 11 is 0. The molecule has 0 amide bonds. The second-order valence-corrected chi connectivity index (χ2v) is 6.24. The molecular formula is C16H14N3O3S-. The lowest BCUT2D eigenvalue weighted by atomic mass is 10.2. The van der Waals surface area contributed by atoms with Crippen LogP contribution in [-0.4, -0.2) is 25.0 Å². The fourth-order valence-corrected chi connectivity index (χ4v) is 3.38. The van der Waals surface area contributed by atoms with Crippen LogP contribution in [0.15, 0.2) is 59.9 Å². The van der Waals surface area contributed by atoms with Crippen LogP contribution in [0.2, 0.25) is 0 Å². The van der Waals surface area contributed by atoms with E-state index in [1.807, 2.05) is 6.92 Å². The number of rotatable bonds is 5. The maximum Gasteiger partial charge on any atom is 0.145 e. The fourth-order valence-electron chi connectivity index (χ4n) is 2.21. The number of pyridine rings is 2. The third-order valence-corrected chi connectivity index (χ3v) is 4.50. The van der Waals surface area contributed by atoms with Gasteiger partial charge in [-0.05, 0) is 37.3 Å². The molecule has 0 aliphatic heterocycles. The van der Waals surface area contributed by atoms with Gasteiger partial charge in [0.15, 0.2) is 0 Å². The van der Waals surface area contributed by atoms with Crippen LogP contribution in [0.1, 0.15) is 6.92 Å². The second-order valence-electron chi connectivity index (χ2n) is 4.67. The number of aromatic nitrogens is 2. The van der Waals surface area contributed by atoms with Crippen molar-refractivity contribution in [2.24, 2.45) is 0 Å². The predicted octanol–water partition coefficient (Wildman–Crippen LogP) is 3.42. The highest BCUT2D eigenvalue weighted by molar-refractivity contribution is 7.94. The third-order valence-electron chi connectivity index (χ3n) is 3.14. The molecule has 0 N–H and O–H groups in total. The smallest absolute Gasteiger partial charge is 0.145 e. The van der Waals surface area contributed by atoms with Crippen molar-refractivity contribution >= 4 is 26.6 Å². The minimum Gasteiger partial charge on any atom is -0.571 e. The largest absolute Gasteiger partial charge is 0.571 e. The second kappa shape index (κ2) is 6.21. The molecule has 0 bridgehead atoms. The Hall–Kier alpha value is -2.67. The molecule has 0 spiro atoms. The zero-order valence-corrected chi connectivity index (χ0v) is 13.2. The first-order valence-corrected chi connectivity index (χ1v) is 8.44. The molecule has 0 aliphatic carbocycles. The van der Waals surface area contributed by atoms with Crippen molar-refractivity contribution in [3.05, 3.63) is 59.7 Å². The maximum absolute atomic E-state index is 12.6. The van der Waals surface area contributed by atoms with Crippen LogP contribution in [0.3, 0.4) is 0 Å². The monoisotopic (exact) mass is 328 g/mol. The Morgan fingerprint density at radius 3 is 2.70 bits per heavy atom. The number of nitrogens with zero attached hydrogens (tertiary/aromatic N) is 3. The van der Waals surface area contributed by atoms with Crippen LogP contribution in [0.5, 0.6) is 5.75 Å². The van der Waals surface area contributed by atoms with Gasteiger partial charge in [-0.3, -0.25) is 9.97 Å². The molecule has 0 saturated carbocycles. The average Bonchev–Trinajstić information content (AvgIpc) is 2.56. The lowest BCUT2D eigenvalue weighted by Crippen LogP contribution is -2.01. The highest BCUT2D eigenvalue weighted by Gasteiger charge is 2.14. The van der Waals surface area contributed by atoms with E-state index in [0.717, 1.165) is 0 Å². The van der Waals surface area contributed by atoms with E-state index in [4.69, 9.17) is 4.74 Å². The highest BCUT2D eigenvalue weighted by atomic mass is 32.2. The average molecular weight is 328 g/mol. The quantitative estimate of drug-likeness (QED) is 0.716. The van der Waals surface area contributed by atoms with Crippen LogP contribution >= 0.6 is 0 Å². The molecule has 0 fully saturated rings. The summed E-state index contributed by atoms with van der Waals surface area (Å²) in [6.07, 6.45) is 4.55. The van der Waals surface area contributed by atoms with Crippen molar-refractivity contribution in [1.82, 2.24) is 9.97 Å². The van der Waals surface area contributed by atoms with E-state index in [0.29, 0.717) is 23.3 Å². The van der Waals surface area contributed by atoms with E-state index < -0.39 is 10.0 Å². The fraction of sp³-hybridized carbons (Fsp3) is 0.125. The molecule has 3 rings (SSSR count). The summed E-state index contributed by atoms with van der Waals surface area (Å²) in [5.41, 5.74) is 0.773. The standard InChI is InChI=1S/C16H14N3O3S/c1-2-22-14-7-8-15(13-6-4-10-18-16(13)14)23(20,21)19-12-5-3-9-17-11-12/h3-11H,2H2,1H3/q-1. The zero-order valence-electron chi connectivity index (χ0n) is 12.4. The Morgan fingerprint density at radius 2 is 1.96 bits per heavy atom. The molecule has 0 saturated heterocycles. The normalized spacial score (nSPS) is 11.3. The molecule has 0 aliphatic rings. The van der Waals surface area contributed by atoms with Crippen LogP contribution in [0.25, 0.3) is 15.6 Å². The predicted molar refractivity (Wildman–Crippen MR) is 87.4 cm³/mol. The first kappa shape index (κ1) is 15.2. The van der Waals surface area contributed by atoms with Gasteiger partial charge in [0.1, 0.15) is 21.3 Å². The number of sulfonamides is 1. The summed E-state index contributed by atoms with van der Waals surface area (Å²) in [7, 11) is -3.88. The van der Waals surface area contributed by atoms with Crippen molar-refractivity contribution in [2.45, 2.75) is 11.8 Å². The third kappa shape index (κ3) is 3.09. The SMILES string of the molecule is CCOc1ccc(S(=O)(=O)[N-]c2cccnc2)c2cccnc12. The Labute approximate surface area is 134 Å². The van der Waals surface area contributed by atoms with Gasteiger partial charge >= 0.3 is 0 Å². The molecule has 0 radical (unpaired) electrons. The summed E-state index contributed by atoms with van der Waals surface area (Å²) in [6.45, 7) is 2.33. The van der Waals surface area contributed by atoms with Crippen LogP contribution < -0.4 is 4.74 Å². The molecule has 0 unspecified atom stereocenters. The lowest BCUT2D eigenvalue weighted by molar-refractivity contribution is 0.343. The molecule has 6 nitrogen and oxygen atoms in total. The highest BCUT2D eigenvalue weighted by Crippen LogP contribution is 2.34. The van der Waals surface area contributed by atoms with Gasteiger partial charge in [0.2, 0.25) is 0 Å². The van der Waals surface area contributed by atoms with E-state index in [2.05, 4.69) is 14.7 Å². The molecule has 23 heavy (non-hydrogen) atoms. The van der Waals surface area contributed by atoms with Gasteiger partial charge in [-0.25, -0.2) is 8.42 Å². The Morgan fingerprint density at radius 1 is 1.13 bits per heavy atom. The molecular weight excluding hydrogens is 314 g/mol. The van der Waals surface area contributed by atoms with E-state index >= 15 is 0 Å². The molecule has 1 aromatic carbocycles. The Bertz CT molecular complexity index is 928. The molecule has 118 valence electrons. The van der Waals surface area contributed by atoms with Gasteiger partial charge < -0.3 is 9.46 Å². The van der Waals surface area contributed by atoms with E-state index in [9.17, 15) is 8.42 Å². The number of fused-ring (bicyclic) bond motifs is 1. The summed E-state index contributed by atoms with van der Waals surface area (Å²) in [4.78, 5) is 8.20. The minimum absolute atomic E-state index is 0.0907. The van der Waals surface area contributed by atoms with E-state index in [1.165, 1.54) is 12.3 Å². The van der Waals surface area contributed by atoms with Gasteiger partial charge in [0.25, 0.3) is 0 Å². The minimum atomic E-state index is -3.88. The summed E-state index contributed by atoms with van der Waals surface area (Å²) < 4.78 is 34.6. The van der Waals surface area contributed by atoms with Gasteiger partial charge in [0.05, 0.1) is 11.5 Å². The summed E-state index contributed by atoms with van der Waals surface area (Å²) in [5, 5.41) is 0.478. The first-order chi connectivity index (χ1) is 11.1. The van der Waals surface area contributed by atoms with Crippen molar-refractivity contribution < 1.29 is 13.2 Å². The molecule has 0 atom stereocenters. The van der Waals surface area contributed by atoms with Crippen LogP contribution in [0, 0.1) is 0 Å². The molecule has 3 aromatic rings. The Kier molecular flexibility index (Phi) is 4.12. The summed E-state index contributed by atoms with van der Waals surface area (Å²) in [6, 6.07) is 9.68. The first-order valence-electron chi connectivity index (χ1n) is 7.00. The maximum atomic E-state index is 12.6. The number of hydrogen-bond donors (Lipinski definition) is 0.